The number of para-hydroxylation sites is 1. The fourth-order valence-electron chi connectivity index (χ4n) is 2.35. The molecule has 98 valence electrons. The van der Waals surface area contributed by atoms with Crippen molar-refractivity contribution in [2.75, 3.05) is 38.5 Å². The molecular formula is C14H21N3O. The summed E-state index contributed by atoms with van der Waals surface area (Å²) in [4.78, 5) is 16.6. The van der Waals surface area contributed by atoms with Crippen LogP contribution in [0, 0.1) is 0 Å². The molecule has 0 bridgehead atoms. The Morgan fingerprint density at radius 1 is 1.22 bits per heavy atom. The van der Waals surface area contributed by atoms with Crippen molar-refractivity contribution in [3.8, 4) is 0 Å². The number of carbonyl (C=O) groups excluding carboxylic acids is 1. The first-order valence-corrected chi connectivity index (χ1v) is 6.58. The molecule has 1 aliphatic rings. The normalized spacial score (nSPS) is 16.8. The predicted molar refractivity (Wildman–Crippen MR) is 73.5 cm³/mol. The van der Waals surface area contributed by atoms with E-state index in [1.807, 2.05) is 17.0 Å². The van der Waals surface area contributed by atoms with Gasteiger partial charge in [-0.3, -0.25) is 9.69 Å². The molecule has 0 aliphatic carbocycles. The average Bonchev–Trinajstić information content (AvgIpc) is 2.40. The number of piperazine rings is 1. The second-order valence-corrected chi connectivity index (χ2v) is 4.72. The molecule has 0 radical (unpaired) electrons. The van der Waals surface area contributed by atoms with Crippen LogP contribution in [0.2, 0.25) is 0 Å². The maximum Gasteiger partial charge on any atom is 0.256 e. The number of benzene rings is 1. The highest BCUT2D eigenvalue weighted by atomic mass is 16.2. The van der Waals surface area contributed by atoms with E-state index in [9.17, 15) is 4.79 Å². The quantitative estimate of drug-likeness (QED) is 0.822. The topological polar surface area (TPSA) is 49.6 Å². The maximum absolute atomic E-state index is 12.3. The summed E-state index contributed by atoms with van der Waals surface area (Å²) in [6, 6.07) is 7.29. The zero-order valence-electron chi connectivity index (χ0n) is 10.9. The Hall–Kier alpha value is -1.55. The lowest BCUT2D eigenvalue weighted by Crippen LogP contribution is -2.48. The van der Waals surface area contributed by atoms with Crippen LogP contribution >= 0.6 is 0 Å². The highest BCUT2D eigenvalue weighted by Crippen LogP contribution is 2.15. The van der Waals surface area contributed by atoms with Crippen molar-refractivity contribution >= 4 is 11.6 Å². The van der Waals surface area contributed by atoms with Crippen LogP contribution < -0.4 is 5.73 Å². The zero-order valence-corrected chi connectivity index (χ0v) is 10.9. The number of rotatable bonds is 3. The van der Waals surface area contributed by atoms with Gasteiger partial charge in [0.15, 0.2) is 0 Å². The lowest BCUT2D eigenvalue weighted by Gasteiger charge is -2.34. The van der Waals surface area contributed by atoms with Gasteiger partial charge in [-0.15, -0.1) is 0 Å². The van der Waals surface area contributed by atoms with Crippen LogP contribution in [-0.2, 0) is 0 Å². The molecule has 1 saturated heterocycles. The molecular weight excluding hydrogens is 226 g/mol. The molecule has 1 amide bonds. The summed E-state index contributed by atoms with van der Waals surface area (Å²) in [5.74, 6) is 0.0595. The van der Waals surface area contributed by atoms with E-state index in [2.05, 4.69) is 11.8 Å². The molecule has 4 heteroatoms. The molecule has 0 atom stereocenters. The van der Waals surface area contributed by atoms with Crippen molar-refractivity contribution < 1.29 is 4.79 Å². The van der Waals surface area contributed by atoms with Gasteiger partial charge in [-0.2, -0.15) is 0 Å². The molecule has 1 heterocycles. The van der Waals surface area contributed by atoms with Gasteiger partial charge in [0.25, 0.3) is 5.91 Å². The summed E-state index contributed by atoms with van der Waals surface area (Å²) in [6.45, 7) is 6.83. The Balaban J connectivity index is 1.98. The minimum Gasteiger partial charge on any atom is -0.398 e. The molecule has 1 aromatic carbocycles. The van der Waals surface area contributed by atoms with Crippen LogP contribution in [0.1, 0.15) is 23.7 Å². The van der Waals surface area contributed by atoms with Gasteiger partial charge in [-0.25, -0.2) is 0 Å². The van der Waals surface area contributed by atoms with Crippen LogP contribution in [0.15, 0.2) is 24.3 Å². The minimum absolute atomic E-state index is 0.0595. The molecule has 0 aromatic heterocycles. The van der Waals surface area contributed by atoms with E-state index >= 15 is 0 Å². The third-order valence-electron chi connectivity index (χ3n) is 3.39. The van der Waals surface area contributed by atoms with Crippen LogP contribution in [0.3, 0.4) is 0 Å². The van der Waals surface area contributed by atoms with Gasteiger partial charge in [0, 0.05) is 31.9 Å². The van der Waals surface area contributed by atoms with Crippen molar-refractivity contribution in [3.63, 3.8) is 0 Å². The van der Waals surface area contributed by atoms with E-state index < -0.39 is 0 Å². The Kier molecular flexibility index (Phi) is 4.20. The van der Waals surface area contributed by atoms with Crippen molar-refractivity contribution in [3.05, 3.63) is 29.8 Å². The van der Waals surface area contributed by atoms with Gasteiger partial charge in [-0.1, -0.05) is 19.1 Å². The van der Waals surface area contributed by atoms with Crippen molar-refractivity contribution in [2.24, 2.45) is 0 Å². The van der Waals surface area contributed by atoms with Gasteiger partial charge < -0.3 is 10.6 Å². The first kappa shape index (κ1) is 12.9. The molecule has 0 unspecified atom stereocenters. The van der Waals surface area contributed by atoms with Gasteiger partial charge in [0.1, 0.15) is 0 Å². The van der Waals surface area contributed by atoms with Gasteiger partial charge in [0.2, 0.25) is 0 Å². The Bertz CT molecular complexity index is 411. The maximum atomic E-state index is 12.3. The molecule has 0 spiro atoms. The van der Waals surface area contributed by atoms with E-state index in [4.69, 9.17) is 5.73 Å². The van der Waals surface area contributed by atoms with Gasteiger partial charge in [-0.05, 0) is 25.1 Å². The van der Waals surface area contributed by atoms with E-state index in [1.54, 1.807) is 12.1 Å². The molecule has 2 N–H and O–H groups in total. The molecule has 4 nitrogen and oxygen atoms in total. The summed E-state index contributed by atoms with van der Waals surface area (Å²) < 4.78 is 0. The minimum atomic E-state index is 0.0595. The largest absolute Gasteiger partial charge is 0.398 e. The number of anilines is 1. The molecule has 1 aromatic rings. The van der Waals surface area contributed by atoms with Crippen molar-refractivity contribution in [1.82, 2.24) is 9.80 Å². The Morgan fingerprint density at radius 3 is 2.50 bits per heavy atom. The lowest BCUT2D eigenvalue weighted by molar-refractivity contribution is 0.0638. The first-order chi connectivity index (χ1) is 8.72. The number of amides is 1. The first-order valence-electron chi connectivity index (χ1n) is 6.58. The Labute approximate surface area is 108 Å². The summed E-state index contributed by atoms with van der Waals surface area (Å²) >= 11 is 0. The van der Waals surface area contributed by atoms with E-state index in [-0.39, 0.29) is 5.91 Å². The highest BCUT2D eigenvalue weighted by Gasteiger charge is 2.22. The summed E-state index contributed by atoms with van der Waals surface area (Å²) in [5.41, 5.74) is 7.04. The fourth-order valence-corrected chi connectivity index (χ4v) is 2.35. The number of nitrogen functional groups attached to an aromatic ring is 1. The highest BCUT2D eigenvalue weighted by molar-refractivity contribution is 5.99. The van der Waals surface area contributed by atoms with Crippen LogP contribution in [0.4, 0.5) is 5.69 Å². The van der Waals surface area contributed by atoms with Gasteiger partial charge in [0.05, 0.1) is 5.56 Å². The van der Waals surface area contributed by atoms with Crippen LogP contribution in [-0.4, -0.2) is 48.4 Å². The molecule has 1 aliphatic heterocycles. The van der Waals surface area contributed by atoms with Crippen LogP contribution in [0.25, 0.3) is 0 Å². The smallest absolute Gasteiger partial charge is 0.256 e. The van der Waals surface area contributed by atoms with Gasteiger partial charge >= 0.3 is 0 Å². The second kappa shape index (κ2) is 5.87. The van der Waals surface area contributed by atoms with E-state index in [1.165, 1.54) is 6.42 Å². The number of hydrogen-bond acceptors (Lipinski definition) is 3. The van der Waals surface area contributed by atoms with Crippen molar-refractivity contribution in [2.45, 2.75) is 13.3 Å². The molecule has 2 rings (SSSR count). The number of hydrogen-bond donors (Lipinski definition) is 1. The fraction of sp³-hybridized carbons (Fsp3) is 0.500. The third-order valence-corrected chi connectivity index (χ3v) is 3.39. The predicted octanol–water partition coefficient (Wildman–Crippen LogP) is 1.44. The van der Waals surface area contributed by atoms with E-state index in [0.717, 1.165) is 32.7 Å². The molecule has 18 heavy (non-hydrogen) atoms. The number of nitrogens with two attached hydrogens (primary N) is 1. The monoisotopic (exact) mass is 247 g/mol. The zero-order chi connectivity index (χ0) is 13.0. The van der Waals surface area contributed by atoms with Crippen LogP contribution in [0.5, 0.6) is 0 Å². The summed E-state index contributed by atoms with van der Waals surface area (Å²) in [6.07, 6.45) is 1.17. The van der Waals surface area contributed by atoms with E-state index in [0.29, 0.717) is 11.3 Å². The standard InChI is InChI=1S/C14H21N3O/c1-2-7-16-8-10-17(11-9-16)14(18)12-5-3-4-6-13(12)15/h3-6H,2,7-11,15H2,1H3. The molecule has 0 saturated carbocycles. The summed E-state index contributed by atoms with van der Waals surface area (Å²) in [5, 5.41) is 0. The molecule has 1 fully saturated rings. The summed E-state index contributed by atoms with van der Waals surface area (Å²) in [7, 11) is 0. The van der Waals surface area contributed by atoms with Crippen molar-refractivity contribution in [1.29, 1.82) is 0 Å². The third kappa shape index (κ3) is 2.82. The lowest BCUT2D eigenvalue weighted by atomic mass is 10.1. The number of carbonyl (C=O) groups is 1. The Morgan fingerprint density at radius 2 is 1.89 bits per heavy atom. The second-order valence-electron chi connectivity index (χ2n) is 4.72. The SMILES string of the molecule is CCCN1CCN(C(=O)c2ccccc2N)CC1. The average molecular weight is 247 g/mol. The number of nitrogens with zero attached hydrogens (tertiary/aromatic N) is 2.